The third-order valence-corrected chi connectivity index (χ3v) is 5.34. The first-order chi connectivity index (χ1) is 14.7. The van der Waals surface area contributed by atoms with E-state index in [-0.39, 0.29) is 17.3 Å². The SMILES string of the molecule is O=S(=O)(Nc1ccc(Oc2nc(-c3ccccc3)nc3ccccc23)cc1)C(F)(F)F. The van der Waals surface area contributed by atoms with Gasteiger partial charge in [0, 0.05) is 11.3 Å². The molecular formula is C21H14F3N3O3S. The van der Waals surface area contributed by atoms with Gasteiger partial charge in [-0.05, 0) is 36.4 Å². The maximum absolute atomic E-state index is 12.5. The highest BCUT2D eigenvalue weighted by Crippen LogP contribution is 2.31. The van der Waals surface area contributed by atoms with Crippen LogP contribution in [0.5, 0.6) is 11.6 Å². The molecule has 0 saturated carbocycles. The van der Waals surface area contributed by atoms with Crippen LogP contribution < -0.4 is 9.46 Å². The van der Waals surface area contributed by atoms with Gasteiger partial charge >= 0.3 is 15.5 Å². The third-order valence-electron chi connectivity index (χ3n) is 4.23. The fourth-order valence-electron chi connectivity index (χ4n) is 2.76. The molecule has 0 spiro atoms. The molecule has 6 nitrogen and oxygen atoms in total. The number of anilines is 1. The number of hydrogen-bond acceptors (Lipinski definition) is 5. The molecule has 0 fully saturated rings. The lowest BCUT2D eigenvalue weighted by atomic mass is 10.2. The van der Waals surface area contributed by atoms with Gasteiger partial charge in [0.2, 0.25) is 5.88 Å². The monoisotopic (exact) mass is 445 g/mol. The largest absolute Gasteiger partial charge is 0.516 e. The molecule has 0 atom stereocenters. The van der Waals surface area contributed by atoms with Gasteiger partial charge in [-0.15, -0.1) is 0 Å². The van der Waals surface area contributed by atoms with E-state index in [0.717, 1.165) is 5.56 Å². The van der Waals surface area contributed by atoms with Crippen LogP contribution in [0.1, 0.15) is 0 Å². The van der Waals surface area contributed by atoms with E-state index in [4.69, 9.17) is 4.74 Å². The summed E-state index contributed by atoms with van der Waals surface area (Å²) in [6.45, 7) is 0. The average molecular weight is 445 g/mol. The second kappa shape index (κ2) is 7.88. The van der Waals surface area contributed by atoms with E-state index in [1.165, 1.54) is 29.0 Å². The number of nitrogens with one attached hydrogen (secondary N) is 1. The van der Waals surface area contributed by atoms with Gasteiger partial charge in [0.25, 0.3) is 0 Å². The van der Waals surface area contributed by atoms with Gasteiger partial charge in [0.05, 0.1) is 10.9 Å². The molecule has 0 aliphatic carbocycles. The van der Waals surface area contributed by atoms with Crippen molar-refractivity contribution in [3.63, 3.8) is 0 Å². The van der Waals surface area contributed by atoms with Crippen molar-refractivity contribution in [3.8, 4) is 23.0 Å². The molecule has 0 unspecified atom stereocenters. The lowest BCUT2D eigenvalue weighted by Gasteiger charge is -2.12. The van der Waals surface area contributed by atoms with Crippen molar-refractivity contribution in [1.29, 1.82) is 0 Å². The molecule has 10 heteroatoms. The zero-order valence-electron chi connectivity index (χ0n) is 15.7. The summed E-state index contributed by atoms with van der Waals surface area (Å²) in [5.74, 6) is 0.967. The number of benzene rings is 3. The van der Waals surface area contributed by atoms with Crippen LogP contribution in [0.3, 0.4) is 0 Å². The Bertz CT molecular complexity index is 1330. The molecule has 0 aliphatic heterocycles. The van der Waals surface area contributed by atoms with Crippen molar-refractivity contribution >= 4 is 26.6 Å². The predicted octanol–water partition coefficient (Wildman–Crippen LogP) is 5.35. The predicted molar refractivity (Wildman–Crippen MR) is 110 cm³/mol. The standard InChI is InChI=1S/C21H14F3N3O3S/c22-21(23,24)31(28,29)27-15-10-12-16(13-11-15)30-20-17-8-4-5-9-18(17)25-19(26-20)14-6-2-1-3-7-14/h1-13,27H. The van der Waals surface area contributed by atoms with Gasteiger partial charge in [0.15, 0.2) is 5.82 Å². The van der Waals surface area contributed by atoms with Gasteiger partial charge in [-0.1, -0.05) is 42.5 Å². The first kappa shape index (κ1) is 20.6. The summed E-state index contributed by atoms with van der Waals surface area (Å²) in [5.41, 5.74) is -4.21. The van der Waals surface area contributed by atoms with Crippen LogP contribution in [-0.2, 0) is 10.0 Å². The smallest absolute Gasteiger partial charge is 0.438 e. The highest BCUT2D eigenvalue weighted by atomic mass is 32.2. The summed E-state index contributed by atoms with van der Waals surface area (Å²) < 4.78 is 67.4. The maximum atomic E-state index is 12.5. The average Bonchev–Trinajstić information content (AvgIpc) is 2.74. The number of para-hydroxylation sites is 1. The highest BCUT2D eigenvalue weighted by Gasteiger charge is 2.46. The number of halogens is 3. The number of nitrogens with zero attached hydrogens (tertiary/aromatic N) is 2. The molecule has 1 aromatic heterocycles. The Morgan fingerprint density at radius 1 is 0.806 bits per heavy atom. The molecule has 4 aromatic rings. The Balaban J connectivity index is 1.66. The molecule has 158 valence electrons. The van der Waals surface area contributed by atoms with Crippen molar-refractivity contribution < 1.29 is 26.3 Å². The summed E-state index contributed by atoms with van der Waals surface area (Å²) in [6.07, 6.45) is 0. The molecule has 3 aromatic carbocycles. The van der Waals surface area contributed by atoms with Crippen molar-refractivity contribution in [1.82, 2.24) is 9.97 Å². The normalized spacial score (nSPS) is 12.0. The number of fused-ring (bicyclic) bond motifs is 1. The van der Waals surface area contributed by atoms with Crippen LogP contribution in [0.25, 0.3) is 22.3 Å². The van der Waals surface area contributed by atoms with Crippen LogP contribution in [0, 0.1) is 0 Å². The van der Waals surface area contributed by atoms with E-state index >= 15 is 0 Å². The van der Waals surface area contributed by atoms with E-state index in [0.29, 0.717) is 16.7 Å². The number of ether oxygens (including phenoxy) is 1. The van der Waals surface area contributed by atoms with Gasteiger partial charge in [0.1, 0.15) is 5.75 Å². The minimum absolute atomic E-state index is 0.248. The summed E-state index contributed by atoms with van der Waals surface area (Å²) >= 11 is 0. The highest BCUT2D eigenvalue weighted by molar-refractivity contribution is 7.93. The topological polar surface area (TPSA) is 81.2 Å². The Morgan fingerprint density at radius 3 is 2.13 bits per heavy atom. The second-order valence-electron chi connectivity index (χ2n) is 6.41. The van der Waals surface area contributed by atoms with Crippen LogP contribution >= 0.6 is 0 Å². The van der Waals surface area contributed by atoms with Crippen molar-refractivity contribution in [2.75, 3.05) is 4.72 Å². The van der Waals surface area contributed by atoms with Crippen LogP contribution in [0.2, 0.25) is 0 Å². The third kappa shape index (κ3) is 4.43. The summed E-state index contributed by atoms with van der Waals surface area (Å²) in [5, 5.41) is 0.643. The zero-order valence-corrected chi connectivity index (χ0v) is 16.5. The molecule has 31 heavy (non-hydrogen) atoms. The Labute approximate surface area is 175 Å². The molecule has 1 heterocycles. The minimum atomic E-state index is -5.50. The van der Waals surface area contributed by atoms with Crippen molar-refractivity contribution in [3.05, 3.63) is 78.9 Å². The number of rotatable bonds is 5. The number of alkyl halides is 3. The second-order valence-corrected chi connectivity index (χ2v) is 8.09. The maximum Gasteiger partial charge on any atom is 0.516 e. The lowest BCUT2D eigenvalue weighted by molar-refractivity contribution is -0.0429. The van der Waals surface area contributed by atoms with Gasteiger partial charge in [-0.3, -0.25) is 4.72 Å². The van der Waals surface area contributed by atoms with Crippen LogP contribution in [0.15, 0.2) is 78.9 Å². The molecule has 0 bridgehead atoms. The number of sulfonamides is 1. The van der Waals surface area contributed by atoms with Crippen LogP contribution in [0.4, 0.5) is 18.9 Å². The number of aromatic nitrogens is 2. The molecule has 0 amide bonds. The van der Waals surface area contributed by atoms with E-state index in [9.17, 15) is 21.6 Å². The fraction of sp³-hybridized carbons (Fsp3) is 0.0476. The molecule has 0 saturated heterocycles. The Morgan fingerprint density at radius 2 is 1.45 bits per heavy atom. The molecule has 1 N–H and O–H groups in total. The molecular weight excluding hydrogens is 431 g/mol. The van der Waals surface area contributed by atoms with Gasteiger partial charge < -0.3 is 4.74 Å². The van der Waals surface area contributed by atoms with E-state index in [1.807, 2.05) is 42.5 Å². The molecule has 0 aliphatic rings. The quantitative estimate of drug-likeness (QED) is 0.448. The van der Waals surface area contributed by atoms with Gasteiger partial charge in [-0.2, -0.15) is 26.6 Å². The Kier molecular flexibility index (Phi) is 5.24. The fourth-order valence-corrected chi connectivity index (χ4v) is 3.32. The summed E-state index contributed by atoms with van der Waals surface area (Å²) in [7, 11) is -5.50. The summed E-state index contributed by atoms with van der Waals surface area (Å²) in [4.78, 5) is 9.04. The summed E-state index contributed by atoms with van der Waals surface area (Å²) in [6, 6.07) is 21.5. The lowest BCUT2D eigenvalue weighted by Crippen LogP contribution is -2.29. The number of hydrogen-bond donors (Lipinski definition) is 1. The zero-order chi connectivity index (χ0) is 22.1. The minimum Gasteiger partial charge on any atom is -0.438 e. The van der Waals surface area contributed by atoms with E-state index < -0.39 is 15.5 Å². The first-order valence-corrected chi connectivity index (χ1v) is 10.4. The van der Waals surface area contributed by atoms with E-state index in [2.05, 4.69) is 9.97 Å². The molecule has 0 radical (unpaired) electrons. The van der Waals surface area contributed by atoms with Crippen molar-refractivity contribution in [2.45, 2.75) is 5.51 Å². The van der Waals surface area contributed by atoms with Crippen molar-refractivity contribution in [2.24, 2.45) is 0 Å². The Hall–Kier alpha value is -3.66. The van der Waals surface area contributed by atoms with Gasteiger partial charge in [-0.25, -0.2) is 4.98 Å². The molecule has 4 rings (SSSR count). The van der Waals surface area contributed by atoms with E-state index in [1.54, 1.807) is 12.1 Å². The first-order valence-electron chi connectivity index (χ1n) is 8.92. The van der Waals surface area contributed by atoms with Crippen LogP contribution in [-0.4, -0.2) is 23.9 Å².